The predicted molar refractivity (Wildman–Crippen MR) is 128 cm³/mol. The second kappa shape index (κ2) is 13.4. The van der Waals surface area contributed by atoms with Gasteiger partial charge in [0.25, 0.3) is 0 Å². The van der Waals surface area contributed by atoms with Crippen LogP contribution in [0.2, 0.25) is 0 Å². The minimum atomic E-state index is 0.348. The number of aryl methyl sites for hydroxylation is 1. The highest BCUT2D eigenvalue weighted by Crippen LogP contribution is 2.28. The van der Waals surface area contributed by atoms with E-state index in [2.05, 4.69) is 49.8 Å². The van der Waals surface area contributed by atoms with Crippen LogP contribution < -0.4 is 4.74 Å². The lowest BCUT2D eigenvalue weighted by Crippen LogP contribution is -2.15. The van der Waals surface area contributed by atoms with E-state index >= 15 is 0 Å². The summed E-state index contributed by atoms with van der Waals surface area (Å²) in [5.41, 5.74) is 2.62. The van der Waals surface area contributed by atoms with E-state index in [1.807, 2.05) is 24.5 Å². The van der Waals surface area contributed by atoms with Crippen LogP contribution in [0.15, 0.2) is 36.7 Å². The summed E-state index contributed by atoms with van der Waals surface area (Å²) in [6, 6.07) is 8.17. The second-order valence-electron chi connectivity index (χ2n) is 9.32. The van der Waals surface area contributed by atoms with E-state index in [1.165, 1.54) is 63.4 Å². The molecule has 0 bridgehead atoms. The molecule has 1 aromatic carbocycles. The van der Waals surface area contributed by atoms with Gasteiger partial charge in [0.05, 0.1) is 6.61 Å². The van der Waals surface area contributed by atoms with Gasteiger partial charge in [0.2, 0.25) is 0 Å². The Morgan fingerprint density at radius 1 is 0.767 bits per heavy atom. The molecule has 0 aliphatic carbocycles. The highest BCUT2D eigenvalue weighted by molar-refractivity contribution is 5.55. The van der Waals surface area contributed by atoms with Crippen LogP contribution in [0.5, 0.6) is 5.75 Å². The Hall–Kier alpha value is -1.90. The summed E-state index contributed by atoms with van der Waals surface area (Å²) in [5, 5.41) is 0. The standard InChI is InChI=1S/C27H42N2O/c1-5-7-9-10-11-12-13-23-21-28-26(29-22-23)24-14-16-25(17-15-24)30-20-19-27(3,4)18-8-6-2/h14-17,21-22H,5-13,18-20H2,1-4H3. The van der Waals surface area contributed by atoms with Crippen LogP contribution in [0.4, 0.5) is 0 Å². The van der Waals surface area contributed by atoms with Crippen LogP contribution in [0.1, 0.15) is 97.5 Å². The van der Waals surface area contributed by atoms with E-state index in [4.69, 9.17) is 4.74 Å². The molecule has 0 N–H and O–H groups in total. The minimum absolute atomic E-state index is 0.348. The number of nitrogens with zero attached hydrogens (tertiary/aromatic N) is 2. The van der Waals surface area contributed by atoms with Crippen LogP contribution in [-0.4, -0.2) is 16.6 Å². The molecule has 0 saturated carbocycles. The van der Waals surface area contributed by atoms with Crippen LogP contribution >= 0.6 is 0 Å². The molecule has 0 aliphatic rings. The molecular weight excluding hydrogens is 368 g/mol. The topological polar surface area (TPSA) is 35.0 Å². The summed E-state index contributed by atoms with van der Waals surface area (Å²) in [7, 11) is 0. The van der Waals surface area contributed by atoms with Crippen molar-refractivity contribution in [3.05, 3.63) is 42.2 Å². The first-order valence-electron chi connectivity index (χ1n) is 12.1. The third kappa shape index (κ3) is 9.28. The van der Waals surface area contributed by atoms with Crippen molar-refractivity contribution in [1.29, 1.82) is 0 Å². The molecule has 1 aromatic heterocycles. The highest BCUT2D eigenvalue weighted by atomic mass is 16.5. The van der Waals surface area contributed by atoms with Gasteiger partial charge < -0.3 is 4.74 Å². The molecule has 3 nitrogen and oxygen atoms in total. The zero-order valence-corrected chi connectivity index (χ0v) is 19.8. The molecule has 0 unspecified atom stereocenters. The fraction of sp³-hybridized carbons (Fsp3) is 0.630. The first kappa shape index (κ1) is 24.4. The molecule has 0 spiro atoms. The SMILES string of the molecule is CCCCCCCCc1cnc(-c2ccc(OCCC(C)(C)CCCC)cc2)nc1. The lowest BCUT2D eigenvalue weighted by Gasteiger charge is -2.24. The summed E-state index contributed by atoms with van der Waals surface area (Å²) < 4.78 is 5.97. The number of benzene rings is 1. The fourth-order valence-electron chi connectivity index (χ4n) is 3.67. The largest absolute Gasteiger partial charge is 0.494 e. The third-order valence-electron chi connectivity index (χ3n) is 5.89. The Balaban J connectivity index is 1.76. The molecule has 2 rings (SSSR count). The molecule has 3 heteroatoms. The van der Waals surface area contributed by atoms with Crippen LogP contribution in [0, 0.1) is 5.41 Å². The number of aromatic nitrogens is 2. The van der Waals surface area contributed by atoms with Gasteiger partial charge in [-0.2, -0.15) is 0 Å². The monoisotopic (exact) mass is 410 g/mol. The molecule has 0 atom stereocenters. The number of ether oxygens (including phenoxy) is 1. The van der Waals surface area contributed by atoms with E-state index in [0.717, 1.165) is 36.6 Å². The second-order valence-corrected chi connectivity index (χ2v) is 9.32. The van der Waals surface area contributed by atoms with Gasteiger partial charge >= 0.3 is 0 Å². The molecular formula is C27H42N2O. The maximum atomic E-state index is 5.97. The van der Waals surface area contributed by atoms with E-state index in [1.54, 1.807) is 0 Å². The fourth-order valence-corrected chi connectivity index (χ4v) is 3.67. The van der Waals surface area contributed by atoms with Gasteiger partial charge in [-0.05, 0) is 60.9 Å². The van der Waals surface area contributed by atoms with Crippen LogP contribution in [-0.2, 0) is 6.42 Å². The zero-order chi connectivity index (χ0) is 21.7. The summed E-state index contributed by atoms with van der Waals surface area (Å²) in [6.07, 6.45) is 17.8. The van der Waals surface area contributed by atoms with Gasteiger partial charge in [0.1, 0.15) is 5.75 Å². The van der Waals surface area contributed by atoms with E-state index in [-0.39, 0.29) is 0 Å². The molecule has 0 fully saturated rings. The van der Waals surface area contributed by atoms with E-state index in [9.17, 15) is 0 Å². The Bertz CT molecular complexity index is 692. The minimum Gasteiger partial charge on any atom is -0.494 e. The van der Waals surface area contributed by atoms with Crippen molar-refractivity contribution in [2.75, 3.05) is 6.61 Å². The van der Waals surface area contributed by atoms with Gasteiger partial charge in [0, 0.05) is 18.0 Å². The molecule has 0 saturated heterocycles. The Morgan fingerprint density at radius 2 is 1.40 bits per heavy atom. The molecule has 0 aliphatic heterocycles. The van der Waals surface area contributed by atoms with Crippen molar-refractivity contribution in [3.8, 4) is 17.1 Å². The third-order valence-corrected chi connectivity index (χ3v) is 5.89. The van der Waals surface area contributed by atoms with Gasteiger partial charge in [-0.25, -0.2) is 9.97 Å². The molecule has 0 radical (unpaired) electrons. The average molecular weight is 411 g/mol. The summed E-state index contributed by atoms with van der Waals surface area (Å²) in [4.78, 5) is 9.16. The molecule has 30 heavy (non-hydrogen) atoms. The number of unbranched alkanes of at least 4 members (excludes halogenated alkanes) is 6. The van der Waals surface area contributed by atoms with Gasteiger partial charge in [-0.15, -0.1) is 0 Å². The first-order chi connectivity index (χ1) is 14.5. The van der Waals surface area contributed by atoms with E-state index < -0.39 is 0 Å². The zero-order valence-electron chi connectivity index (χ0n) is 19.8. The van der Waals surface area contributed by atoms with Crippen molar-refractivity contribution >= 4 is 0 Å². The molecule has 1 heterocycles. The Kier molecular flexibility index (Phi) is 10.9. The normalized spacial score (nSPS) is 11.6. The number of hydrogen-bond donors (Lipinski definition) is 0. The van der Waals surface area contributed by atoms with Gasteiger partial charge in [-0.3, -0.25) is 0 Å². The van der Waals surface area contributed by atoms with Crippen molar-refractivity contribution in [3.63, 3.8) is 0 Å². The predicted octanol–water partition coefficient (Wildman–Crippen LogP) is 8.03. The van der Waals surface area contributed by atoms with E-state index in [0.29, 0.717) is 5.41 Å². The summed E-state index contributed by atoms with van der Waals surface area (Å²) in [5.74, 6) is 1.71. The Labute approximate surface area is 184 Å². The van der Waals surface area contributed by atoms with Crippen LogP contribution in [0.3, 0.4) is 0 Å². The number of rotatable bonds is 15. The van der Waals surface area contributed by atoms with Gasteiger partial charge in [-0.1, -0.05) is 72.6 Å². The summed E-state index contributed by atoms with van der Waals surface area (Å²) in [6.45, 7) is 9.95. The first-order valence-corrected chi connectivity index (χ1v) is 12.1. The van der Waals surface area contributed by atoms with Gasteiger partial charge in [0.15, 0.2) is 5.82 Å². The van der Waals surface area contributed by atoms with Crippen molar-refractivity contribution in [2.45, 2.75) is 98.3 Å². The van der Waals surface area contributed by atoms with Crippen molar-refractivity contribution < 1.29 is 4.74 Å². The smallest absolute Gasteiger partial charge is 0.159 e. The maximum absolute atomic E-state index is 5.97. The number of hydrogen-bond acceptors (Lipinski definition) is 3. The lowest BCUT2D eigenvalue weighted by atomic mass is 9.84. The molecule has 2 aromatic rings. The molecule has 0 amide bonds. The molecule has 166 valence electrons. The average Bonchev–Trinajstić information content (AvgIpc) is 2.76. The summed E-state index contributed by atoms with van der Waals surface area (Å²) >= 11 is 0. The lowest BCUT2D eigenvalue weighted by molar-refractivity contribution is 0.214. The highest BCUT2D eigenvalue weighted by Gasteiger charge is 2.17. The Morgan fingerprint density at radius 3 is 2.07 bits per heavy atom. The van der Waals surface area contributed by atoms with Crippen LogP contribution in [0.25, 0.3) is 11.4 Å². The van der Waals surface area contributed by atoms with Crippen molar-refractivity contribution in [1.82, 2.24) is 9.97 Å². The van der Waals surface area contributed by atoms with Crippen molar-refractivity contribution in [2.24, 2.45) is 5.41 Å². The maximum Gasteiger partial charge on any atom is 0.159 e. The quantitative estimate of drug-likeness (QED) is 0.279.